The molecule has 0 aliphatic heterocycles. The highest BCUT2D eigenvalue weighted by Gasteiger charge is 2.26. The molecule has 0 unspecified atom stereocenters. The molecule has 6 heteroatoms. The third kappa shape index (κ3) is 5.81. The number of hydrogen-bond donors (Lipinski definition) is 0. The van der Waals surface area contributed by atoms with Gasteiger partial charge < -0.3 is 14.2 Å². The van der Waals surface area contributed by atoms with Crippen LogP contribution in [0.2, 0.25) is 0 Å². The highest BCUT2D eigenvalue weighted by atomic mass is 19.1. The van der Waals surface area contributed by atoms with E-state index in [9.17, 15) is 14.0 Å². The standard InChI is InChI=1S/C19H25FO5/c1-3-4-19(22)24-12-18(25-15-8-6-14(21)7-9-15)16-11-13(20)5-10-17(16)23-2/h5,10-11,15,18H,3-4,6-9,12H2,1-2H3/t18-/m0/s1. The molecule has 5 nitrogen and oxygen atoms in total. The van der Waals surface area contributed by atoms with Gasteiger partial charge in [-0.3, -0.25) is 9.59 Å². The van der Waals surface area contributed by atoms with Crippen molar-refractivity contribution in [3.05, 3.63) is 29.6 Å². The Balaban J connectivity index is 2.14. The smallest absolute Gasteiger partial charge is 0.305 e. The van der Waals surface area contributed by atoms with Crippen LogP contribution in [0.3, 0.4) is 0 Å². The van der Waals surface area contributed by atoms with Crippen LogP contribution >= 0.6 is 0 Å². The minimum atomic E-state index is -0.635. The average molecular weight is 352 g/mol. The second kappa shape index (κ2) is 9.51. The Bertz CT molecular complexity index is 591. The molecule has 1 saturated carbocycles. The van der Waals surface area contributed by atoms with Crippen LogP contribution in [-0.4, -0.2) is 31.6 Å². The zero-order valence-corrected chi connectivity index (χ0v) is 14.8. The summed E-state index contributed by atoms with van der Waals surface area (Å²) in [4.78, 5) is 23.1. The van der Waals surface area contributed by atoms with Crippen LogP contribution in [0.5, 0.6) is 5.75 Å². The summed E-state index contributed by atoms with van der Waals surface area (Å²) in [7, 11) is 1.50. The van der Waals surface area contributed by atoms with Crippen molar-refractivity contribution in [3.8, 4) is 5.75 Å². The molecule has 25 heavy (non-hydrogen) atoms. The molecule has 1 aliphatic carbocycles. The first-order valence-corrected chi connectivity index (χ1v) is 8.69. The SMILES string of the molecule is CCCC(=O)OC[C@H](OC1CCC(=O)CC1)c1cc(F)ccc1OC. The third-order valence-electron chi connectivity index (χ3n) is 4.24. The zero-order chi connectivity index (χ0) is 18.2. The average Bonchev–Trinajstić information content (AvgIpc) is 2.60. The molecule has 1 aliphatic rings. The van der Waals surface area contributed by atoms with Crippen molar-refractivity contribution in [2.45, 2.75) is 57.7 Å². The first-order valence-electron chi connectivity index (χ1n) is 8.69. The van der Waals surface area contributed by atoms with Gasteiger partial charge in [-0.05, 0) is 37.5 Å². The Hall–Kier alpha value is -1.95. The number of carbonyl (C=O) groups is 2. The van der Waals surface area contributed by atoms with Crippen molar-refractivity contribution in [2.75, 3.05) is 13.7 Å². The van der Waals surface area contributed by atoms with E-state index in [-0.39, 0.29) is 24.5 Å². The summed E-state index contributed by atoms with van der Waals surface area (Å²) < 4.78 is 30.4. The van der Waals surface area contributed by atoms with Crippen molar-refractivity contribution in [1.29, 1.82) is 0 Å². The number of ketones is 1. The normalized spacial score (nSPS) is 16.5. The maximum atomic E-state index is 13.7. The molecule has 0 aromatic heterocycles. The molecule has 0 saturated heterocycles. The third-order valence-corrected chi connectivity index (χ3v) is 4.24. The quantitative estimate of drug-likeness (QED) is 0.667. The first kappa shape index (κ1) is 19.4. The molecular weight excluding hydrogens is 327 g/mol. The molecule has 1 atom stereocenters. The minimum Gasteiger partial charge on any atom is -0.496 e. The largest absolute Gasteiger partial charge is 0.496 e. The highest BCUT2D eigenvalue weighted by molar-refractivity contribution is 5.79. The number of halogens is 1. The molecule has 0 heterocycles. The molecule has 0 bridgehead atoms. The Kier molecular flexibility index (Phi) is 7.37. The second-order valence-corrected chi connectivity index (χ2v) is 6.18. The van der Waals surface area contributed by atoms with Gasteiger partial charge in [-0.2, -0.15) is 0 Å². The number of ether oxygens (including phenoxy) is 3. The monoisotopic (exact) mass is 352 g/mol. The van der Waals surface area contributed by atoms with Gasteiger partial charge in [0.15, 0.2) is 0 Å². The van der Waals surface area contributed by atoms with Crippen LogP contribution in [-0.2, 0) is 19.1 Å². The van der Waals surface area contributed by atoms with Gasteiger partial charge in [0.2, 0.25) is 0 Å². The molecule has 1 aromatic rings. The Morgan fingerprint density at radius 1 is 1.32 bits per heavy atom. The lowest BCUT2D eigenvalue weighted by atomic mass is 9.96. The lowest BCUT2D eigenvalue weighted by Gasteiger charge is -2.28. The van der Waals surface area contributed by atoms with Gasteiger partial charge in [0.05, 0.1) is 13.2 Å². The molecule has 0 radical (unpaired) electrons. The van der Waals surface area contributed by atoms with Crippen molar-refractivity contribution in [2.24, 2.45) is 0 Å². The summed E-state index contributed by atoms with van der Waals surface area (Å²) in [5, 5.41) is 0. The summed E-state index contributed by atoms with van der Waals surface area (Å²) in [6, 6.07) is 4.17. The van der Waals surface area contributed by atoms with Gasteiger partial charge in [0.1, 0.15) is 30.1 Å². The molecule has 0 spiro atoms. The van der Waals surface area contributed by atoms with E-state index in [0.717, 1.165) is 0 Å². The van der Waals surface area contributed by atoms with Crippen LogP contribution in [0.1, 0.15) is 57.1 Å². The maximum Gasteiger partial charge on any atom is 0.305 e. The van der Waals surface area contributed by atoms with Crippen LogP contribution in [0, 0.1) is 5.82 Å². The number of esters is 1. The van der Waals surface area contributed by atoms with E-state index >= 15 is 0 Å². The van der Waals surface area contributed by atoms with E-state index in [1.165, 1.54) is 25.3 Å². The first-order chi connectivity index (χ1) is 12.0. The summed E-state index contributed by atoms with van der Waals surface area (Å²) in [6.45, 7) is 1.88. The van der Waals surface area contributed by atoms with Crippen LogP contribution in [0.4, 0.5) is 4.39 Å². The number of hydrogen-bond acceptors (Lipinski definition) is 5. The minimum absolute atomic E-state index is 0.0108. The van der Waals surface area contributed by atoms with E-state index in [4.69, 9.17) is 14.2 Å². The topological polar surface area (TPSA) is 61.8 Å². The number of methoxy groups -OCH3 is 1. The highest BCUT2D eigenvalue weighted by Crippen LogP contribution is 2.32. The number of Topliss-reactive ketones (excluding diaryl/α,β-unsaturated/α-hetero) is 1. The van der Waals surface area contributed by atoms with Crippen molar-refractivity contribution in [3.63, 3.8) is 0 Å². The summed E-state index contributed by atoms with van der Waals surface area (Å²) >= 11 is 0. The van der Waals surface area contributed by atoms with Gasteiger partial charge in [-0.1, -0.05) is 6.92 Å². The molecule has 0 amide bonds. The lowest BCUT2D eigenvalue weighted by Crippen LogP contribution is -2.26. The molecule has 1 aromatic carbocycles. The molecule has 0 N–H and O–H groups in total. The number of rotatable bonds is 8. The van der Waals surface area contributed by atoms with E-state index in [2.05, 4.69) is 0 Å². The fraction of sp³-hybridized carbons (Fsp3) is 0.579. The summed E-state index contributed by atoms with van der Waals surface area (Å²) in [5.74, 6) is -0.0210. The van der Waals surface area contributed by atoms with Gasteiger partial charge in [0, 0.05) is 24.8 Å². The fourth-order valence-corrected chi connectivity index (χ4v) is 2.89. The van der Waals surface area contributed by atoms with E-state index in [1.54, 1.807) is 0 Å². The second-order valence-electron chi connectivity index (χ2n) is 6.18. The van der Waals surface area contributed by atoms with E-state index in [0.29, 0.717) is 49.8 Å². The lowest BCUT2D eigenvalue weighted by molar-refractivity contribution is -0.151. The van der Waals surface area contributed by atoms with Crippen molar-refractivity contribution in [1.82, 2.24) is 0 Å². The Morgan fingerprint density at radius 3 is 2.68 bits per heavy atom. The maximum absolute atomic E-state index is 13.7. The zero-order valence-electron chi connectivity index (χ0n) is 14.8. The molecular formula is C19H25FO5. The van der Waals surface area contributed by atoms with Gasteiger partial charge >= 0.3 is 5.97 Å². The van der Waals surface area contributed by atoms with E-state index in [1.807, 2.05) is 6.92 Å². The molecule has 2 rings (SSSR count). The number of benzene rings is 1. The summed E-state index contributed by atoms with van der Waals surface area (Å²) in [5.41, 5.74) is 0.503. The Morgan fingerprint density at radius 2 is 2.04 bits per heavy atom. The molecule has 138 valence electrons. The summed E-state index contributed by atoms with van der Waals surface area (Å²) in [6.07, 6.45) is 2.46. The van der Waals surface area contributed by atoms with Gasteiger partial charge in [0.25, 0.3) is 0 Å². The van der Waals surface area contributed by atoms with E-state index < -0.39 is 11.9 Å². The van der Waals surface area contributed by atoms with Crippen molar-refractivity contribution < 1.29 is 28.2 Å². The molecule has 1 fully saturated rings. The Labute approximate surface area is 147 Å². The van der Waals surface area contributed by atoms with Gasteiger partial charge in [-0.25, -0.2) is 4.39 Å². The predicted octanol–water partition coefficient (Wildman–Crippen LogP) is 3.75. The fourth-order valence-electron chi connectivity index (χ4n) is 2.89. The van der Waals surface area contributed by atoms with Crippen LogP contribution in [0.15, 0.2) is 18.2 Å². The van der Waals surface area contributed by atoms with Crippen molar-refractivity contribution >= 4 is 11.8 Å². The van der Waals surface area contributed by atoms with Crippen LogP contribution < -0.4 is 4.74 Å². The van der Waals surface area contributed by atoms with Gasteiger partial charge in [-0.15, -0.1) is 0 Å². The number of carbonyl (C=O) groups excluding carboxylic acids is 2. The van der Waals surface area contributed by atoms with Crippen LogP contribution in [0.25, 0.3) is 0 Å². The predicted molar refractivity (Wildman–Crippen MR) is 89.9 cm³/mol.